The average Bonchev–Trinajstić information content (AvgIpc) is 2.78. The van der Waals surface area contributed by atoms with Crippen LogP contribution in [0.15, 0.2) is 24.3 Å². The Morgan fingerprint density at radius 3 is 2.32 bits per heavy atom. The highest BCUT2D eigenvalue weighted by molar-refractivity contribution is 7.93. The lowest BCUT2D eigenvalue weighted by Crippen LogP contribution is -2.39. The number of carbonyl (C=O) groups excluding carboxylic acids is 1. The summed E-state index contributed by atoms with van der Waals surface area (Å²) in [7, 11) is -3.17. The van der Waals surface area contributed by atoms with Gasteiger partial charge in [0, 0.05) is 12.2 Å². The molecule has 8 heteroatoms. The number of anilines is 2. The van der Waals surface area contributed by atoms with Crippen molar-refractivity contribution in [3.05, 3.63) is 24.3 Å². The molecule has 0 saturated carbocycles. The van der Waals surface area contributed by atoms with Gasteiger partial charge in [0.05, 0.1) is 17.5 Å². The predicted molar refractivity (Wildman–Crippen MR) is 90.9 cm³/mol. The zero-order chi connectivity index (χ0) is 15.6. The normalized spacial score (nSPS) is 17.9. The summed E-state index contributed by atoms with van der Waals surface area (Å²) in [6.45, 7) is 4.27. The minimum atomic E-state index is -3.17. The van der Waals surface area contributed by atoms with Crippen LogP contribution in [0.3, 0.4) is 0 Å². The van der Waals surface area contributed by atoms with Gasteiger partial charge in [-0.1, -0.05) is 13.8 Å². The Bertz CT molecular complexity index is 617. The van der Waals surface area contributed by atoms with Crippen molar-refractivity contribution in [1.29, 1.82) is 0 Å². The maximum Gasteiger partial charge on any atom is 0.241 e. The molecule has 1 saturated heterocycles. The van der Waals surface area contributed by atoms with E-state index in [0.29, 0.717) is 24.3 Å². The van der Waals surface area contributed by atoms with Crippen molar-refractivity contribution in [3.63, 3.8) is 0 Å². The Kier molecular flexibility index (Phi) is 6.22. The molecule has 3 N–H and O–H groups in total. The number of hydrogen-bond donors (Lipinski definition) is 2. The Labute approximate surface area is 137 Å². The van der Waals surface area contributed by atoms with Crippen molar-refractivity contribution < 1.29 is 13.2 Å². The van der Waals surface area contributed by atoms with Crippen molar-refractivity contribution in [1.82, 2.24) is 0 Å². The van der Waals surface area contributed by atoms with Gasteiger partial charge in [0.2, 0.25) is 15.9 Å². The van der Waals surface area contributed by atoms with Gasteiger partial charge in [0.1, 0.15) is 0 Å². The smallest absolute Gasteiger partial charge is 0.241 e. The van der Waals surface area contributed by atoms with E-state index < -0.39 is 16.1 Å². The van der Waals surface area contributed by atoms with E-state index in [0.717, 1.165) is 0 Å². The van der Waals surface area contributed by atoms with Crippen LogP contribution in [0.1, 0.15) is 20.3 Å². The number of benzene rings is 1. The van der Waals surface area contributed by atoms with E-state index in [1.165, 1.54) is 4.31 Å². The third-order valence-corrected chi connectivity index (χ3v) is 5.41. The summed E-state index contributed by atoms with van der Waals surface area (Å²) in [6.07, 6.45) is 0.643. The fourth-order valence-electron chi connectivity index (χ4n) is 2.17. The second kappa shape index (κ2) is 7.30. The fourth-order valence-corrected chi connectivity index (χ4v) is 3.73. The quantitative estimate of drug-likeness (QED) is 0.864. The van der Waals surface area contributed by atoms with Gasteiger partial charge in [-0.3, -0.25) is 9.10 Å². The molecular formula is C14H22ClN3O3S. The minimum Gasteiger partial charge on any atom is -0.325 e. The fraction of sp³-hybridized carbons (Fsp3) is 0.500. The van der Waals surface area contributed by atoms with E-state index in [9.17, 15) is 13.2 Å². The van der Waals surface area contributed by atoms with Crippen molar-refractivity contribution in [2.24, 2.45) is 11.7 Å². The summed E-state index contributed by atoms with van der Waals surface area (Å²) in [5, 5.41) is 2.73. The largest absolute Gasteiger partial charge is 0.325 e. The molecular weight excluding hydrogens is 326 g/mol. The summed E-state index contributed by atoms with van der Waals surface area (Å²) in [4.78, 5) is 11.9. The van der Waals surface area contributed by atoms with Crippen LogP contribution in [0.2, 0.25) is 0 Å². The summed E-state index contributed by atoms with van der Waals surface area (Å²) < 4.78 is 25.1. The standard InChI is InChI=1S/C14H21N3O3S.ClH/c1-10(2)13(15)14(18)16-11-4-6-12(7-5-11)17-8-3-9-21(17,19)20;/h4-7,10,13H,3,8-9,15H2,1-2H3,(H,16,18);1H. The van der Waals surface area contributed by atoms with E-state index in [1.807, 2.05) is 13.8 Å². The number of sulfonamides is 1. The molecule has 0 aliphatic carbocycles. The Morgan fingerprint density at radius 1 is 1.27 bits per heavy atom. The molecule has 22 heavy (non-hydrogen) atoms. The lowest BCUT2D eigenvalue weighted by atomic mass is 10.0. The molecule has 2 rings (SSSR count). The molecule has 1 amide bonds. The van der Waals surface area contributed by atoms with E-state index in [-0.39, 0.29) is 30.0 Å². The van der Waals surface area contributed by atoms with Crippen LogP contribution in [0.25, 0.3) is 0 Å². The molecule has 1 heterocycles. The first-order valence-corrected chi connectivity index (χ1v) is 8.59. The summed E-state index contributed by atoms with van der Waals surface area (Å²) in [5.74, 6) is -0.0000805. The van der Waals surface area contributed by atoms with Crippen LogP contribution < -0.4 is 15.4 Å². The zero-order valence-corrected chi connectivity index (χ0v) is 14.3. The zero-order valence-electron chi connectivity index (χ0n) is 12.7. The number of nitrogens with zero attached hydrogens (tertiary/aromatic N) is 1. The highest BCUT2D eigenvalue weighted by atomic mass is 35.5. The minimum absolute atomic E-state index is 0. The van der Waals surface area contributed by atoms with Crippen LogP contribution in [0.5, 0.6) is 0 Å². The molecule has 124 valence electrons. The maximum absolute atomic E-state index is 11.9. The van der Waals surface area contributed by atoms with Gasteiger partial charge < -0.3 is 11.1 Å². The molecule has 0 aromatic heterocycles. The van der Waals surface area contributed by atoms with Gasteiger partial charge in [-0.05, 0) is 36.6 Å². The molecule has 1 unspecified atom stereocenters. The topological polar surface area (TPSA) is 92.5 Å². The van der Waals surface area contributed by atoms with Crippen molar-refractivity contribution in [2.45, 2.75) is 26.3 Å². The first-order chi connectivity index (χ1) is 9.81. The molecule has 0 radical (unpaired) electrons. The van der Waals surface area contributed by atoms with Gasteiger partial charge in [0.25, 0.3) is 0 Å². The first-order valence-electron chi connectivity index (χ1n) is 6.98. The number of nitrogens with two attached hydrogens (primary N) is 1. The average molecular weight is 348 g/mol. The predicted octanol–water partition coefficient (Wildman–Crippen LogP) is 1.57. The number of rotatable bonds is 4. The molecule has 6 nitrogen and oxygen atoms in total. The lowest BCUT2D eigenvalue weighted by Gasteiger charge is -2.18. The van der Waals surface area contributed by atoms with E-state index in [2.05, 4.69) is 5.32 Å². The van der Waals surface area contributed by atoms with E-state index in [4.69, 9.17) is 5.73 Å². The van der Waals surface area contributed by atoms with Gasteiger partial charge in [0.15, 0.2) is 0 Å². The van der Waals surface area contributed by atoms with Crippen LogP contribution >= 0.6 is 12.4 Å². The Balaban J connectivity index is 0.00000242. The molecule has 1 aromatic carbocycles. The highest BCUT2D eigenvalue weighted by Crippen LogP contribution is 2.25. The van der Waals surface area contributed by atoms with Gasteiger partial charge in [-0.15, -0.1) is 12.4 Å². The third-order valence-electron chi connectivity index (χ3n) is 3.54. The van der Waals surface area contributed by atoms with E-state index in [1.54, 1.807) is 24.3 Å². The Morgan fingerprint density at radius 2 is 1.86 bits per heavy atom. The number of nitrogens with one attached hydrogen (secondary N) is 1. The van der Waals surface area contributed by atoms with Crippen LogP contribution in [-0.4, -0.2) is 32.7 Å². The lowest BCUT2D eigenvalue weighted by molar-refractivity contribution is -0.118. The number of halogens is 1. The number of amides is 1. The van der Waals surface area contributed by atoms with Crippen LogP contribution in [-0.2, 0) is 14.8 Å². The summed E-state index contributed by atoms with van der Waals surface area (Å²) in [5.41, 5.74) is 7.00. The molecule has 0 spiro atoms. The van der Waals surface area contributed by atoms with Crippen molar-refractivity contribution >= 4 is 39.7 Å². The van der Waals surface area contributed by atoms with Gasteiger partial charge >= 0.3 is 0 Å². The number of hydrogen-bond acceptors (Lipinski definition) is 4. The van der Waals surface area contributed by atoms with Gasteiger partial charge in [-0.25, -0.2) is 8.42 Å². The SMILES string of the molecule is CC(C)C(N)C(=O)Nc1ccc(N2CCCS2(=O)=O)cc1.Cl. The summed E-state index contributed by atoms with van der Waals surface area (Å²) in [6, 6.07) is 6.20. The molecule has 1 atom stereocenters. The maximum atomic E-state index is 11.9. The Hall–Kier alpha value is -1.31. The van der Waals surface area contributed by atoms with Gasteiger partial charge in [-0.2, -0.15) is 0 Å². The summed E-state index contributed by atoms with van der Waals surface area (Å²) >= 11 is 0. The van der Waals surface area contributed by atoms with Crippen LogP contribution in [0.4, 0.5) is 11.4 Å². The number of carbonyl (C=O) groups is 1. The van der Waals surface area contributed by atoms with Crippen LogP contribution in [0, 0.1) is 5.92 Å². The van der Waals surface area contributed by atoms with Crippen molar-refractivity contribution in [3.8, 4) is 0 Å². The third kappa shape index (κ3) is 4.12. The first kappa shape index (κ1) is 18.7. The highest BCUT2D eigenvalue weighted by Gasteiger charge is 2.28. The second-order valence-corrected chi connectivity index (χ2v) is 7.56. The molecule has 1 aliphatic rings. The molecule has 0 bridgehead atoms. The van der Waals surface area contributed by atoms with Crippen molar-refractivity contribution in [2.75, 3.05) is 21.9 Å². The monoisotopic (exact) mass is 347 g/mol. The molecule has 1 fully saturated rings. The second-order valence-electron chi connectivity index (χ2n) is 5.55. The van der Waals surface area contributed by atoms with E-state index >= 15 is 0 Å². The molecule has 1 aliphatic heterocycles. The molecule has 1 aromatic rings.